The van der Waals surface area contributed by atoms with E-state index in [1.165, 1.54) is 12.1 Å². The minimum atomic E-state index is -0.337. The predicted octanol–water partition coefficient (Wildman–Crippen LogP) is 3.42. The molecule has 16 heavy (non-hydrogen) atoms. The number of rotatable bonds is 5. The Morgan fingerprint density at radius 2 is 2.06 bits per heavy atom. The summed E-state index contributed by atoms with van der Waals surface area (Å²) in [6.45, 7) is 3.80. The van der Waals surface area contributed by atoms with Gasteiger partial charge in [0.15, 0.2) is 0 Å². The summed E-state index contributed by atoms with van der Waals surface area (Å²) in [5.41, 5.74) is 7.01. The third kappa shape index (κ3) is 3.20. The third-order valence-electron chi connectivity index (χ3n) is 2.81. The molecule has 0 amide bonds. The molecule has 0 bridgehead atoms. The van der Waals surface area contributed by atoms with Gasteiger partial charge in [0, 0.05) is 11.6 Å². The number of phenolic OH excluding ortho intramolecular Hbond substituents is 1. The van der Waals surface area contributed by atoms with E-state index in [1.54, 1.807) is 6.92 Å². The SMILES string of the molecule is CCCCC[C@H](N)c1cc(F)cc(C)c1O. The molecule has 0 aliphatic rings. The maximum atomic E-state index is 13.2. The van der Waals surface area contributed by atoms with Gasteiger partial charge in [0.2, 0.25) is 0 Å². The molecule has 0 aliphatic heterocycles. The minimum absolute atomic E-state index is 0.130. The maximum Gasteiger partial charge on any atom is 0.124 e. The van der Waals surface area contributed by atoms with Crippen molar-refractivity contribution >= 4 is 0 Å². The van der Waals surface area contributed by atoms with Crippen LogP contribution in [0, 0.1) is 12.7 Å². The van der Waals surface area contributed by atoms with E-state index in [2.05, 4.69) is 6.92 Å². The molecule has 3 heteroatoms. The quantitative estimate of drug-likeness (QED) is 0.754. The molecule has 0 spiro atoms. The number of hydrogen-bond acceptors (Lipinski definition) is 2. The zero-order valence-electron chi connectivity index (χ0n) is 9.96. The van der Waals surface area contributed by atoms with Crippen LogP contribution in [-0.4, -0.2) is 5.11 Å². The summed E-state index contributed by atoms with van der Waals surface area (Å²) in [4.78, 5) is 0. The van der Waals surface area contributed by atoms with Crippen molar-refractivity contribution in [1.82, 2.24) is 0 Å². The topological polar surface area (TPSA) is 46.2 Å². The van der Waals surface area contributed by atoms with E-state index in [1.807, 2.05) is 0 Å². The first-order chi connectivity index (χ1) is 7.56. The lowest BCUT2D eigenvalue weighted by molar-refractivity contribution is 0.448. The molecule has 0 saturated carbocycles. The van der Waals surface area contributed by atoms with Crippen LogP contribution in [0.15, 0.2) is 12.1 Å². The molecule has 0 heterocycles. The van der Waals surface area contributed by atoms with Gasteiger partial charge >= 0.3 is 0 Å². The van der Waals surface area contributed by atoms with Gasteiger partial charge in [-0.1, -0.05) is 26.2 Å². The largest absolute Gasteiger partial charge is 0.507 e. The molecule has 1 rings (SSSR count). The lowest BCUT2D eigenvalue weighted by atomic mass is 9.98. The van der Waals surface area contributed by atoms with Gasteiger partial charge in [-0.05, 0) is 31.0 Å². The molecular formula is C13H20FNO. The maximum absolute atomic E-state index is 13.2. The van der Waals surface area contributed by atoms with Gasteiger partial charge in [0.1, 0.15) is 11.6 Å². The van der Waals surface area contributed by atoms with Crippen LogP contribution in [0.1, 0.15) is 49.8 Å². The number of hydrogen-bond donors (Lipinski definition) is 2. The Bertz CT molecular complexity index is 352. The summed E-state index contributed by atoms with van der Waals surface area (Å²) in [5, 5.41) is 9.80. The van der Waals surface area contributed by atoms with E-state index in [0.29, 0.717) is 11.1 Å². The van der Waals surface area contributed by atoms with Crippen molar-refractivity contribution in [2.45, 2.75) is 45.6 Å². The highest BCUT2D eigenvalue weighted by atomic mass is 19.1. The molecular weight excluding hydrogens is 205 g/mol. The van der Waals surface area contributed by atoms with Crippen LogP contribution in [0.3, 0.4) is 0 Å². The van der Waals surface area contributed by atoms with Gasteiger partial charge in [-0.25, -0.2) is 4.39 Å². The van der Waals surface area contributed by atoms with E-state index in [9.17, 15) is 9.50 Å². The first kappa shape index (κ1) is 13.0. The summed E-state index contributed by atoms with van der Waals surface area (Å²) in [5.74, 6) is -0.207. The Morgan fingerprint density at radius 1 is 1.38 bits per heavy atom. The number of unbranched alkanes of at least 4 members (excludes halogenated alkanes) is 2. The Morgan fingerprint density at radius 3 is 2.69 bits per heavy atom. The monoisotopic (exact) mass is 225 g/mol. The van der Waals surface area contributed by atoms with E-state index in [0.717, 1.165) is 25.7 Å². The van der Waals surface area contributed by atoms with E-state index in [4.69, 9.17) is 5.73 Å². The van der Waals surface area contributed by atoms with Crippen LogP contribution in [-0.2, 0) is 0 Å². The molecule has 2 nitrogen and oxygen atoms in total. The third-order valence-corrected chi connectivity index (χ3v) is 2.81. The average Bonchev–Trinajstić information content (AvgIpc) is 2.23. The second-order valence-corrected chi connectivity index (χ2v) is 4.26. The zero-order chi connectivity index (χ0) is 12.1. The highest BCUT2D eigenvalue weighted by Crippen LogP contribution is 2.30. The fourth-order valence-electron chi connectivity index (χ4n) is 1.81. The summed E-state index contributed by atoms with van der Waals surface area (Å²) in [6.07, 6.45) is 4.03. The van der Waals surface area contributed by atoms with Crippen molar-refractivity contribution < 1.29 is 9.50 Å². The van der Waals surface area contributed by atoms with Gasteiger partial charge in [0.25, 0.3) is 0 Å². The van der Waals surface area contributed by atoms with Crippen LogP contribution < -0.4 is 5.73 Å². The minimum Gasteiger partial charge on any atom is -0.507 e. The Kier molecular flexibility index (Phi) is 4.74. The highest BCUT2D eigenvalue weighted by molar-refractivity contribution is 5.41. The van der Waals surface area contributed by atoms with Crippen LogP contribution in [0.2, 0.25) is 0 Å². The summed E-state index contributed by atoms with van der Waals surface area (Å²) < 4.78 is 13.2. The lowest BCUT2D eigenvalue weighted by Crippen LogP contribution is -2.11. The fourth-order valence-corrected chi connectivity index (χ4v) is 1.81. The second-order valence-electron chi connectivity index (χ2n) is 4.26. The first-order valence-electron chi connectivity index (χ1n) is 5.80. The van der Waals surface area contributed by atoms with Crippen LogP contribution in [0.4, 0.5) is 4.39 Å². The Hall–Kier alpha value is -1.09. The molecule has 1 aromatic carbocycles. The lowest BCUT2D eigenvalue weighted by Gasteiger charge is -2.15. The van der Waals surface area contributed by atoms with E-state index >= 15 is 0 Å². The van der Waals surface area contributed by atoms with Crippen molar-refractivity contribution in [2.75, 3.05) is 0 Å². The predicted molar refractivity (Wildman–Crippen MR) is 63.9 cm³/mol. The van der Waals surface area contributed by atoms with Gasteiger partial charge in [-0.3, -0.25) is 0 Å². The average molecular weight is 225 g/mol. The van der Waals surface area contributed by atoms with Crippen molar-refractivity contribution in [3.8, 4) is 5.75 Å². The molecule has 1 aromatic rings. The molecule has 0 aliphatic carbocycles. The number of aryl methyl sites for hydroxylation is 1. The summed E-state index contributed by atoms with van der Waals surface area (Å²) in [7, 11) is 0. The summed E-state index contributed by atoms with van der Waals surface area (Å²) >= 11 is 0. The van der Waals surface area contributed by atoms with Crippen LogP contribution >= 0.6 is 0 Å². The molecule has 90 valence electrons. The Labute approximate surface area is 96.3 Å². The van der Waals surface area contributed by atoms with Crippen LogP contribution in [0.25, 0.3) is 0 Å². The molecule has 0 unspecified atom stereocenters. The standard InChI is InChI=1S/C13H20FNO/c1-3-4-5-6-12(15)11-8-10(14)7-9(2)13(11)16/h7-8,12,16H,3-6,15H2,1-2H3/t12-/m0/s1. The number of nitrogens with two attached hydrogens (primary N) is 1. The van der Waals surface area contributed by atoms with Gasteiger partial charge in [-0.15, -0.1) is 0 Å². The Balaban J connectivity index is 2.78. The molecule has 0 fully saturated rings. The molecule has 0 saturated heterocycles. The molecule has 0 aromatic heterocycles. The van der Waals surface area contributed by atoms with Gasteiger partial charge in [0.05, 0.1) is 0 Å². The normalized spacial score (nSPS) is 12.8. The fraction of sp³-hybridized carbons (Fsp3) is 0.538. The van der Waals surface area contributed by atoms with Crippen molar-refractivity contribution in [3.63, 3.8) is 0 Å². The number of aromatic hydroxyl groups is 1. The van der Waals surface area contributed by atoms with Crippen molar-refractivity contribution in [2.24, 2.45) is 5.73 Å². The number of halogens is 1. The van der Waals surface area contributed by atoms with Gasteiger partial charge in [-0.2, -0.15) is 0 Å². The second kappa shape index (κ2) is 5.85. The number of phenols is 1. The summed E-state index contributed by atoms with van der Waals surface area (Å²) in [6, 6.07) is 2.37. The van der Waals surface area contributed by atoms with Crippen molar-refractivity contribution in [1.29, 1.82) is 0 Å². The smallest absolute Gasteiger partial charge is 0.124 e. The zero-order valence-corrected chi connectivity index (χ0v) is 9.96. The number of benzene rings is 1. The molecule has 3 N–H and O–H groups in total. The van der Waals surface area contributed by atoms with Gasteiger partial charge < -0.3 is 10.8 Å². The van der Waals surface area contributed by atoms with Crippen LogP contribution in [0.5, 0.6) is 5.75 Å². The molecule has 1 atom stereocenters. The van der Waals surface area contributed by atoms with Crippen molar-refractivity contribution in [3.05, 3.63) is 29.1 Å². The molecule has 0 radical (unpaired) electrons. The first-order valence-corrected chi connectivity index (χ1v) is 5.80. The highest BCUT2D eigenvalue weighted by Gasteiger charge is 2.13. The van der Waals surface area contributed by atoms with E-state index in [-0.39, 0.29) is 17.6 Å². The van der Waals surface area contributed by atoms with E-state index < -0.39 is 0 Å².